The van der Waals surface area contributed by atoms with Gasteiger partial charge in [-0.1, -0.05) is 19.9 Å². The van der Waals surface area contributed by atoms with Gasteiger partial charge in [-0.05, 0) is 18.1 Å². The fourth-order valence-corrected chi connectivity index (χ4v) is 1.13. The average molecular weight is 189 g/mol. The topological polar surface area (TPSA) is 40.5 Å². The molecule has 0 aliphatic rings. The van der Waals surface area contributed by atoms with Crippen LogP contribution in [0, 0.1) is 0 Å². The van der Waals surface area contributed by atoms with Crippen LogP contribution >= 0.6 is 12.4 Å². The lowest BCUT2D eigenvalue weighted by Crippen LogP contribution is -1.88. The molecule has 0 spiro atoms. The predicted molar refractivity (Wildman–Crippen MR) is 51.1 cm³/mol. The van der Waals surface area contributed by atoms with Crippen LogP contribution < -0.4 is 0 Å². The van der Waals surface area contributed by atoms with Crippen molar-refractivity contribution in [2.75, 3.05) is 0 Å². The van der Waals surface area contributed by atoms with Gasteiger partial charge in [0.2, 0.25) is 0 Å². The SMILES string of the molecule is CC(C)c1c(O)cccc1O.Cl. The molecule has 1 aromatic carbocycles. The Balaban J connectivity index is 0.00000121. The van der Waals surface area contributed by atoms with Crippen LogP contribution in [-0.4, -0.2) is 10.2 Å². The van der Waals surface area contributed by atoms with E-state index in [1.807, 2.05) is 13.8 Å². The number of hydrogen-bond donors (Lipinski definition) is 2. The quantitative estimate of drug-likeness (QED) is 0.712. The minimum absolute atomic E-state index is 0. The third kappa shape index (κ3) is 2.05. The van der Waals surface area contributed by atoms with E-state index in [-0.39, 0.29) is 29.8 Å². The first-order valence-electron chi connectivity index (χ1n) is 3.63. The van der Waals surface area contributed by atoms with Crippen molar-refractivity contribution in [2.45, 2.75) is 19.8 Å². The molecule has 0 fully saturated rings. The zero-order valence-corrected chi connectivity index (χ0v) is 7.93. The Labute approximate surface area is 78.3 Å². The Bertz CT molecular complexity index is 238. The van der Waals surface area contributed by atoms with E-state index in [1.165, 1.54) is 0 Å². The Morgan fingerprint density at radius 2 is 1.50 bits per heavy atom. The number of aromatic hydroxyl groups is 2. The van der Waals surface area contributed by atoms with Crippen LogP contribution in [0.3, 0.4) is 0 Å². The molecule has 0 aliphatic carbocycles. The molecule has 12 heavy (non-hydrogen) atoms. The summed E-state index contributed by atoms with van der Waals surface area (Å²) < 4.78 is 0. The maximum absolute atomic E-state index is 9.30. The first-order chi connectivity index (χ1) is 5.13. The van der Waals surface area contributed by atoms with Crippen molar-refractivity contribution in [3.63, 3.8) is 0 Å². The highest BCUT2D eigenvalue weighted by atomic mass is 35.5. The molecule has 0 heterocycles. The lowest BCUT2D eigenvalue weighted by Gasteiger charge is -2.09. The van der Waals surface area contributed by atoms with Gasteiger partial charge in [0.15, 0.2) is 0 Å². The molecule has 0 aromatic heterocycles. The van der Waals surface area contributed by atoms with E-state index in [0.29, 0.717) is 5.56 Å². The number of benzene rings is 1. The van der Waals surface area contributed by atoms with Crippen molar-refractivity contribution in [1.82, 2.24) is 0 Å². The second-order valence-electron chi connectivity index (χ2n) is 2.86. The van der Waals surface area contributed by atoms with Crippen molar-refractivity contribution in [3.05, 3.63) is 23.8 Å². The molecule has 0 radical (unpaired) electrons. The summed E-state index contributed by atoms with van der Waals surface area (Å²) in [7, 11) is 0. The van der Waals surface area contributed by atoms with Gasteiger partial charge >= 0.3 is 0 Å². The molecule has 1 rings (SSSR count). The summed E-state index contributed by atoms with van der Waals surface area (Å²) >= 11 is 0. The van der Waals surface area contributed by atoms with E-state index in [1.54, 1.807) is 18.2 Å². The van der Waals surface area contributed by atoms with Gasteiger partial charge in [0.1, 0.15) is 11.5 Å². The molecule has 0 saturated heterocycles. The predicted octanol–water partition coefficient (Wildman–Crippen LogP) is 2.64. The summed E-state index contributed by atoms with van der Waals surface area (Å²) in [6.45, 7) is 3.85. The van der Waals surface area contributed by atoms with E-state index in [4.69, 9.17) is 0 Å². The maximum atomic E-state index is 9.30. The zero-order valence-electron chi connectivity index (χ0n) is 7.11. The lowest BCUT2D eigenvalue weighted by molar-refractivity contribution is 0.433. The van der Waals surface area contributed by atoms with Crippen LogP contribution in [0.25, 0.3) is 0 Å². The van der Waals surface area contributed by atoms with Gasteiger partial charge in [-0.15, -0.1) is 12.4 Å². The molecule has 0 bridgehead atoms. The number of phenols is 2. The van der Waals surface area contributed by atoms with E-state index >= 15 is 0 Å². The summed E-state index contributed by atoms with van der Waals surface area (Å²) in [6, 6.07) is 4.78. The standard InChI is InChI=1S/C9H12O2.ClH/c1-6(2)9-7(10)4-3-5-8(9)11;/h3-6,10-11H,1-2H3;1H. The van der Waals surface area contributed by atoms with E-state index in [2.05, 4.69) is 0 Å². The second kappa shape index (κ2) is 4.21. The maximum Gasteiger partial charge on any atom is 0.122 e. The van der Waals surface area contributed by atoms with Crippen molar-refractivity contribution in [2.24, 2.45) is 0 Å². The highest BCUT2D eigenvalue weighted by Gasteiger charge is 2.09. The molecule has 0 aliphatic heterocycles. The third-order valence-electron chi connectivity index (χ3n) is 1.64. The van der Waals surface area contributed by atoms with Crippen LogP contribution in [0.4, 0.5) is 0 Å². The Morgan fingerprint density at radius 1 is 1.08 bits per heavy atom. The van der Waals surface area contributed by atoms with Crippen LogP contribution in [0.2, 0.25) is 0 Å². The van der Waals surface area contributed by atoms with Crippen molar-refractivity contribution >= 4 is 12.4 Å². The summed E-state index contributed by atoms with van der Waals surface area (Å²) in [4.78, 5) is 0. The summed E-state index contributed by atoms with van der Waals surface area (Å²) in [6.07, 6.45) is 0. The summed E-state index contributed by atoms with van der Waals surface area (Å²) in [5, 5.41) is 18.6. The third-order valence-corrected chi connectivity index (χ3v) is 1.64. The average Bonchev–Trinajstić information content (AvgIpc) is 1.85. The minimum atomic E-state index is 0. The first kappa shape index (κ1) is 11.1. The smallest absolute Gasteiger partial charge is 0.122 e. The van der Waals surface area contributed by atoms with Crippen molar-refractivity contribution in [1.29, 1.82) is 0 Å². The van der Waals surface area contributed by atoms with Crippen LogP contribution in [-0.2, 0) is 0 Å². The van der Waals surface area contributed by atoms with Crippen LogP contribution in [0.5, 0.6) is 11.5 Å². The molecule has 2 nitrogen and oxygen atoms in total. The van der Waals surface area contributed by atoms with Gasteiger partial charge in [0.05, 0.1) is 0 Å². The highest BCUT2D eigenvalue weighted by molar-refractivity contribution is 5.85. The van der Waals surface area contributed by atoms with Gasteiger partial charge < -0.3 is 10.2 Å². The fourth-order valence-electron chi connectivity index (χ4n) is 1.13. The molecule has 0 saturated carbocycles. The summed E-state index contributed by atoms with van der Waals surface area (Å²) in [5.74, 6) is 0.483. The number of phenolic OH excluding ortho intramolecular Hbond substituents is 2. The largest absolute Gasteiger partial charge is 0.508 e. The molecule has 0 amide bonds. The molecule has 3 heteroatoms. The summed E-state index contributed by atoms with van der Waals surface area (Å²) in [5.41, 5.74) is 0.618. The zero-order chi connectivity index (χ0) is 8.43. The van der Waals surface area contributed by atoms with Gasteiger partial charge in [-0.3, -0.25) is 0 Å². The van der Waals surface area contributed by atoms with Gasteiger partial charge in [-0.25, -0.2) is 0 Å². The second-order valence-corrected chi connectivity index (χ2v) is 2.86. The Hall–Kier alpha value is -0.890. The number of hydrogen-bond acceptors (Lipinski definition) is 2. The van der Waals surface area contributed by atoms with Gasteiger partial charge in [0, 0.05) is 5.56 Å². The fraction of sp³-hybridized carbons (Fsp3) is 0.333. The van der Waals surface area contributed by atoms with Gasteiger partial charge in [0.25, 0.3) is 0 Å². The molecule has 2 N–H and O–H groups in total. The first-order valence-corrected chi connectivity index (χ1v) is 3.63. The van der Waals surface area contributed by atoms with Crippen molar-refractivity contribution in [3.8, 4) is 11.5 Å². The highest BCUT2D eigenvalue weighted by Crippen LogP contribution is 2.32. The molecule has 0 atom stereocenters. The number of rotatable bonds is 1. The van der Waals surface area contributed by atoms with Gasteiger partial charge in [-0.2, -0.15) is 0 Å². The van der Waals surface area contributed by atoms with Crippen LogP contribution in [0.1, 0.15) is 25.3 Å². The molecule has 1 aromatic rings. The molecular formula is C9H13ClO2. The minimum Gasteiger partial charge on any atom is -0.508 e. The van der Waals surface area contributed by atoms with Crippen LogP contribution in [0.15, 0.2) is 18.2 Å². The van der Waals surface area contributed by atoms with E-state index in [0.717, 1.165) is 0 Å². The lowest BCUT2D eigenvalue weighted by atomic mass is 10.0. The molecule has 0 unspecified atom stereocenters. The Kier molecular flexibility index (Phi) is 3.90. The van der Waals surface area contributed by atoms with Crippen molar-refractivity contribution < 1.29 is 10.2 Å². The number of halogens is 1. The molecule has 68 valence electrons. The van der Waals surface area contributed by atoms with E-state index < -0.39 is 0 Å². The van der Waals surface area contributed by atoms with E-state index in [9.17, 15) is 10.2 Å². The monoisotopic (exact) mass is 188 g/mol. The normalized spacial score (nSPS) is 9.58. The molecular weight excluding hydrogens is 176 g/mol. The Morgan fingerprint density at radius 3 is 1.75 bits per heavy atom.